The van der Waals surface area contributed by atoms with Crippen molar-refractivity contribution in [1.29, 1.82) is 5.26 Å². The lowest BCUT2D eigenvalue weighted by Gasteiger charge is -2.34. The fraction of sp³-hybridized carbons (Fsp3) is 0.182. The van der Waals surface area contributed by atoms with E-state index < -0.39 is 0 Å². The summed E-state index contributed by atoms with van der Waals surface area (Å²) >= 11 is 0. The van der Waals surface area contributed by atoms with Crippen LogP contribution in [0.2, 0.25) is 0 Å². The summed E-state index contributed by atoms with van der Waals surface area (Å²) in [7, 11) is 1.72. The van der Waals surface area contributed by atoms with Gasteiger partial charge in [0.05, 0.1) is 16.8 Å². The van der Waals surface area contributed by atoms with E-state index in [0.29, 0.717) is 51.3 Å². The molecule has 0 unspecified atom stereocenters. The molecule has 0 bridgehead atoms. The molecule has 0 saturated carbocycles. The van der Waals surface area contributed by atoms with Crippen LogP contribution in [0.25, 0.3) is 39.5 Å². The summed E-state index contributed by atoms with van der Waals surface area (Å²) in [5.41, 5.74) is 11.7. The highest BCUT2D eigenvalue weighted by Gasteiger charge is 2.21. The van der Waals surface area contributed by atoms with Crippen molar-refractivity contribution in [3.63, 3.8) is 0 Å². The van der Waals surface area contributed by atoms with Crippen LogP contribution in [0.3, 0.4) is 0 Å². The van der Waals surface area contributed by atoms with Gasteiger partial charge < -0.3 is 15.2 Å². The number of fused-ring (bicyclic) bond motifs is 1. The smallest absolute Gasteiger partial charge is 0.259 e. The summed E-state index contributed by atoms with van der Waals surface area (Å²) in [6, 6.07) is 23.1. The Bertz CT molecular complexity index is 2120. The number of pyridine rings is 3. The Kier molecular flexibility index (Phi) is 7.20. The van der Waals surface area contributed by atoms with Crippen LogP contribution in [-0.4, -0.2) is 65.1 Å². The molecule has 12 nitrogen and oxygen atoms in total. The Balaban J connectivity index is 1.19. The second-order valence-corrected chi connectivity index (χ2v) is 10.9. The topological polar surface area (TPSA) is 148 Å². The highest BCUT2D eigenvalue weighted by atomic mass is 16.1. The molecule has 222 valence electrons. The van der Waals surface area contributed by atoms with Gasteiger partial charge in [-0.25, -0.2) is 24.9 Å². The van der Waals surface area contributed by atoms with Gasteiger partial charge in [-0.05, 0) is 60.2 Å². The predicted octanol–water partition coefficient (Wildman–Crippen LogP) is 3.41. The quantitative estimate of drug-likeness (QED) is 0.304. The van der Waals surface area contributed by atoms with Crippen molar-refractivity contribution in [3.8, 4) is 34.4 Å². The van der Waals surface area contributed by atoms with Gasteiger partial charge in [0.1, 0.15) is 23.1 Å². The molecule has 1 aliphatic heterocycles. The number of imidazole rings is 1. The minimum absolute atomic E-state index is 0.124. The normalized spacial score (nSPS) is 13.6. The van der Waals surface area contributed by atoms with Gasteiger partial charge in [-0.3, -0.25) is 14.3 Å². The Morgan fingerprint density at radius 3 is 2.44 bits per heavy atom. The summed E-state index contributed by atoms with van der Waals surface area (Å²) in [6.07, 6.45) is 5.01. The number of nitriles is 1. The lowest BCUT2D eigenvalue weighted by atomic mass is 10.1. The van der Waals surface area contributed by atoms with Crippen molar-refractivity contribution in [2.45, 2.75) is 6.54 Å². The first kappa shape index (κ1) is 27.9. The van der Waals surface area contributed by atoms with Gasteiger partial charge in [-0.15, -0.1) is 0 Å². The number of nitrogens with zero attached hydrogens (tertiary/aromatic N) is 10. The van der Waals surface area contributed by atoms with E-state index in [4.69, 9.17) is 21.0 Å². The number of aryl methyl sites for hydroxylation is 1. The molecule has 7 rings (SSSR count). The van der Waals surface area contributed by atoms with Gasteiger partial charge in [-0.2, -0.15) is 5.26 Å². The second-order valence-electron chi connectivity index (χ2n) is 10.9. The monoisotopic (exact) mass is 595 g/mol. The summed E-state index contributed by atoms with van der Waals surface area (Å²) < 4.78 is 3.51. The van der Waals surface area contributed by atoms with Crippen molar-refractivity contribution < 1.29 is 0 Å². The van der Waals surface area contributed by atoms with Crippen LogP contribution in [-0.2, 0) is 13.6 Å². The average molecular weight is 596 g/mol. The molecule has 0 radical (unpaired) electrons. The lowest BCUT2D eigenvalue weighted by Crippen LogP contribution is -2.46. The van der Waals surface area contributed by atoms with E-state index in [1.165, 1.54) is 5.56 Å². The maximum Gasteiger partial charge on any atom is 0.259 e. The molecule has 5 aromatic heterocycles. The molecule has 45 heavy (non-hydrogen) atoms. The van der Waals surface area contributed by atoms with E-state index in [1.807, 2.05) is 34.9 Å². The van der Waals surface area contributed by atoms with Gasteiger partial charge in [-0.1, -0.05) is 12.1 Å². The molecule has 1 saturated heterocycles. The van der Waals surface area contributed by atoms with Crippen LogP contribution in [0.4, 0.5) is 11.8 Å². The first-order chi connectivity index (χ1) is 22.0. The molecule has 0 aliphatic carbocycles. The van der Waals surface area contributed by atoms with E-state index >= 15 is 0 Å². The number of aromatic nitrogens is 7. The zero-order valence-electron chi connectivity index (χ0n) is 24.6. The van der Waals surface area contributed by atoms with Gasteiger partial charge in [0.2, 0.25) is 5.95 Å². The highest BCUT2D eigenvalue weighted by molar-refractivity contribution is 5.84. The van der Waals surface area contributed by atoms with Crippen molar-refractivity contribution in [2.75, 3.05) is 36.8 Å². The largest absolute Gasteiger partial charge is 0.383 e. The zero-order chi connectivity index (χ0) is 30.9. The van der Waals surface area contributed by atoms with Crippen molar-refractivity contribution in [3.05, 3.63) is 107 Å². The molecule has 0 amide bonds. The van der Waals surface area contributed by atoms with E-state index in [2.05, 4.69) is 55.1 Å². The third-order valence-electron chi connectivity index (χ3n) is 8.00. The van der Waals surface area contributed by atoms with Crippen molar-refractivity contribution >= 4 is 22.9 Å². The van der Waals surface area contributed by atoms with Gasteiger partial charge >= 0.3 is 0 Å². The summed E-state index contributed by atoms with van der Waals surface area (Å²) in [4.78, 5) is 40.2. The molecule has 1 aliphatic rings. The Labute approximate surface area is 258 Å². The third kappa shape index (κ3) is 5.37. The van der Waals surface area contributed by atoms with E-state index in [1.54, 1.807) is 42.3 Å². The number of nitrogens with two attached hydrogens (primary N) is 1. The standard InChI is InChI=1S/C33H29N11O/c1-41-15-3-5-25(32(41)45)27-10-11-28-31(39-27)44(30(40-28)26-4-2-13-36-29(26)35)24-8-6-22(7-9-24)21-42-16-18-43(19-17-42)33-37-14-12-23(20-34)38-33/h2-15H,16-19,21H2,1H3,(H2,35,36). The Morgan fingerprint density at radius 1 is 0.867 bits per heavy atom. The molecule has 12 heteroatoms. The fourth-order valence-corrected chi connectivity index (χ4v) is 5.61. The first-order valence-corrected chi connectivity index (χ1v) is 14.5. The summed E-state index contributed by atoms with van der Waals surface area (Å²) in [6.45, 7) is 4.05. The average Bonchev–Trinajstić information content (AvgIpc) is 3.45. The molecule has 6 aromatic rings. The number of hydrogen-bond donors (Lipinski definition) is 1. The predicted molar refractivity (Wildman–Crippen MR) is 171 cm³/mol. The van der Waals surface area contributed by atoms with Crippen LogP contribution in [0.15, 0.2) is 90.1 Å². The molecule has 1 fully saturated rings. The second kappa shape index (κ2) is 11.6. The SMILES string of the molecule is Cn1cccc(-c2ccc3nc(-c4cccnc4N)n(-c4ccc(CN5CCN(c6nccc(C#N)n6)CC5)cc4)c3n2)c1=O. The Hall–Kier alpha value is -5.93. The van der Waals surface area contributed by atoms with Gasteiger partial charge in [0.25, 0.3) is 5.56 Å². The van der Waals surface area contributed by atoms with Crippen molar-refractivity contribution in [2.24, 2.45) is 7.05 Å². The number of benzene rings is 1. The van der Waals surface area contributed by atoms with Crippen LogP contribution < -0.4 is 16.2 Å². The lowest BCUT2D eigenvalue weighted by molar-refractivity contribution is 0.248. The minimum atomic E-state index is -0.124. The number of piperazine rings is 1. The number of anilines is 2. The fourth-order valence-electron chi connectivity index (χ4n) is 5.61. The molecule has 0 spiro atoms. The number of hydrogen-bond acceptors (Lipinski definition) is 10. The van der Waals surface area contributed by atoms with E-state index in [-0.39, 0.29) is 5.56 Å². The van der Waals surface area contributed by atoms with Crippen LogP contribution in [0.1, 0.15) is 11.3 Å². The molecule has 2 N–H and O–H groups in total. The van der Waals surface area contributed by atoms with Gasteiger partial charge in [0.15, 0.2) is 11.5 Å². The molecular weight excluding hydrogens is 566 g/mol. The third-order valence-corrected chi connectivity index (χ3v) is 8.00. The Morgan fingerprint density at radius 2 is 1.67 bits per heavy atom. The van der Waals surface area contributed by atoms with Crippen LogP contribution in [0, 0.1) is 11.3 Å². The zero-order valence-corrected chi connectivity index (χ0v) is 24.6. The molecule has 0 atom stereocenters. The van der Waals surface area contributed by atoms with Crippen LogP contribution in [0.5, 0.6) is 0 Å². The van der Waals surface area contributed by atoms with E-state index in [9.17, 15) is 4.79 Å². The van der Waals surface area contributed by atoms with Gasteiger partial charge in [0, 0.05) is 64.0 Å². The maximum atomic E-state index is 12.9. The maximum absolute atomic E-state index is 12.9. The molecule has 1 aromatic carbocycles. The molecular formula is C33H29N11O. The van der Waals surface area contributed by atoms with E-state index in [0.717, 1.165) is 38.4 Å². The highest BCUT2D eigenvalue weighted by Crippen LogP contribution is 2.31. The first-order valence-electron chi connectivity index (χ1n) is 14.5. The minimum Gasteiger partial charge on any atom is -0.383 e. The summed E-state index contributed by atoms with van der Waals surface area (Å²) in [5.74, 6) is 1.58. The van der Waals surface area contributed by atoms with Crippen LogP contribution >= 0.6 is 0 Å². The number of rotatable bonds is 6. The molecule has 6 heterocycles. The number of nitrogen functional groups attached to an aromatic ring is 1. The summed E-state index contributed by atoms with van der Waals surface area (Å²) in [5, 5.41) is 9.17. The van der Waals surface area contributed by atoms with Crippen molar-refractivity contribution in [1.82, 2.24) is 39.0 Å².